The highest BCUT2D eigenvalue weighted by molar-refractivity contribution is 7.52. The molecule has 206 valence electrons. The molecule has 1 fully saturated rings. The van der Waals surface area contributed by atoms with E-state index >= 15 is 0 Å². The predicted molar refractivity (Wildman–Crippen MR) is 138 cm³/mol. The van der Waals surface area contributed by atoms with Crippen molar-refractivity contribution in [2.45, 2.75) is 63.8 Å². The van der Waals surface area contributed by atoms with Crippen LogP contribution in [0, 0.1) is 11.8 Å². The van der Waals surface area contributed by atoms with Crippen LogP contribution in [0.1, 0.15) is 33.9 Å². The zero-order valence-electron chi connectivity index (χ0n) is 21.4. The third-order valence-electron chi connectivity index (χ3n) is 5.43. The third kappa shape index (κ3) is 6.79. The lowest BCUT2D eigenvalue weighted by atomic mass is 9.91. The molecule has 1 saturated heterocycles. The number of nitrogens with zero attached hydrogens (tertiary/aromatic N) is 2. The molecule has 13 nitrogen and oxygen atoms in total. The van der Waals surface area contributed by atoms with E-state index in [0.717, 1.165) is 4.57 Å². The molecule has 0 spiro atoms. The van der Waals surface area contributed by atoms with Crippen LogP contribution in [0.2, 0.25) is 0 Å². The number of nitrogens with two attached hydrogens (primary N) is 2. The van der Waals surface area contributed by atoms with Gasteiger partial charge in [0.15, 0.2) is 11.8 Å². The van der Waals surface area contributed by atoms with E-state index in [4.69, 9.17) is 30.0 Å². The number of nitrogen functional groups attached to an aromatic ring is 1. The highest BCUT2D eigenvalue weighted by Crippen LogP contribution is 2.46. The lowest BCUT2D eigenvalue weighted by Crippen LogP contribution is -2.55. The van der Waals surface area contributed by atoms with Crippen molar-refractivity contribution in [2.75, 3.05) is 12.3 Å². The molecule has 1 aliphatic rings. The molecule has 1 unspecified atom stereocenters. The fourth-order valence-corrected chi connectivity index (χ4v) is 5.20. The molecule has 2 aromatic rings. The first-order valence-electron chi connectivity index (χ1n) is 11.8. The summed E-state index contributed by atoms with van der Waals surface area (Å²) in [5.41, 5.74) is 9.47. The summed E-state index contributed by atoms with van der Waals surface area (Å²) in [5, 5.41) is 13.6. The number of anilines is 1. The fraction of sp³-hybridized carbons (Fsp3) is 0.458. The molecule has 1 aromatic heterocycles. The molecule has 6 N–H and O–H groups in total. The fourth-order valence-electron chi connectivity index (χ4n) is 3.69. The van der Waals surface area contributed by atoms with Crippen LogP contribution in [0.25, 0.3) is 0 Å². The van der Waals surface area contributed by atoms with E-state index in [1.807, 2.05) is 0 Å². The average molecular weight is 550 g/mol. The number of carbonyl (C=O) groups excluding carboxylic acids is 1. The van der Waals surface area contributed by atoms with Gasteiger partial charge in [-0.3, -0.25) is 13.9 Å². The van der Waals surface area contributed by atoms with Gasteiger partial charge in [-0.05, 0) is 45.9 Å². The summed E-state index contributed by atoms with van der Waals surface area (Å²) in [6, 6.07) is 8.45. The van der Waals surface area contributed by atoms with Crippen molar-refractivity contribution >= 4 is 19.5 Å². The molecule has 0 amide bonds. The molecule has 6 atom stereocenters. The maximum Gasteiger partial charge on any atom is 0.459 e. The molecule has 0 bridgehead atoms. The predicted octanol–water partition coefficient (Wildman–Crippen LogP) is 0.938. The number of hydrogen-bond acceptors (Lipinski definition) is 11. The summed E-state index contributed by atoms with van der Waals surface area (Å²) >= 11 is 0. The van der Waals surface area contributed by atoms with Crippen LogP contribution in [0.3, 0.4) is 0 Å². The van der Waals surface area contributed by atoms with Gasteiger partial charge in [0.2, 0.25) is 0 Å². The number of ether oxygens (including phenoxy) is 2. The molecule has 0 saturated carbocycles. The second kappa shape index (κ2) is 12.1. The second-order valence-electron chi connectivity index (χ2n) is 8.86. The van der Waals surface area contributed by atoms with Crippen molar-refractivity contribution in [2.24, 2.45) is 5.73 Å². The molecular formula is C24H32N5O8P. The molecule has 14 heteroatoms. The van der Waals surface area contributed by atoms with Crippen LogP contribution in [0.15, 0.2) is 47.4 Å². The van der Waals surface area contributed by atoms with Gasteiger partial charge in [-0.15, -0.1) is 5.92 Å². The SMILES string of the molecule is CC#C[C@@]1(N)[C@@H](O)[C@@H](COP(=O)(N[C@@H](C)C(=O)OC(C)C)Oc2ccccc2)O[C@H]1n1ccc(N)nc1=O. The molecule has 0 aliphatic carbocycles. The minimum absolute atomic E-state index is 0.0101. The summed E-state index contributed by atoms with van der Waals surface area (Å²) in [5.74, 6) is 4.84. The zero-order valence-corrected chi connectivity index (χ0v) is 22.3. The quantitative estimate of drug-likeness (QED) is 0.187. The summed E-state index contributed by atoms with van der Waals surface area (Å²) in [6.45, 7) is 5.79. The Morgan fingerprint density at radius 2 is 2.00 bits per heavy atom. The highest BCUT2D eigenvalue weighted by Gasteiger charge is 2.55. The third-order valence-corrected chi connectivity index (χ3v) is 7.08. The van der Waals surface area contributed by atoms with Gasteiger partial charge in [0.1, 0.15) is 29.8 Å². The van der Waals surface area contributed by atoms with Crippen LogP contribution in [0.4, 0.5) is 5.82 Å². The number of carbonyl (C=O) groups is 1. The van der Waals surface area contributed by atoms with Crippen molar-refractivity contribution in [3.8, 4) is 17.6 Å². The van der Waals surface area contributed by atoms with E-state index in [0.29, 0.717) is 0 Å². The van der Waals surface area contributed by atoms with Crippen LogP contribution >= 0.6 is 7.75 Å². The molecule has 1 aliphatic heterocycles. The summed E-state index contributed by atoms with van der Waals surface area (Å²) < 4.78 is 37.1. The number of aliphatic hydroxyl groups is 1. The lowest BCUT2D eigenvalue weighted by molar-refractivity contribution is -0.149. The van der Waals surface area contributed by atoms with E-state index in [2.05, 4.69) is 21.9 Å². The monoisotopic (exact) mass is 549 g/mol. The number of aliphatic hydroxyl groups excluding tert-OH is 1. The van der Waals surface area contributed by atoms with Crippen molar-refractivity contribution in [3.05, 3.63) is 53.1 Å². The maximum atomic E-state index is 13.7. The van der Waals surface area contributed by atoms with Crippen molar-refractivity contribution in [1.82, 2.24) is 14.6 Å². The van der Waals surface area contributed by atoms with Crippen LogP contribution < -0.4 is 26.8 Å². The highest BCUT2D eigenvalue weighted by atomic mass is 31.2. The molecule has 1 aromatic carbocycles. The largest absolute Gasteiger partial charge is 0.462 e. The van der Waals surface area contributed by atoms with Crippen LogP contribution in [-0.4, -0.2) is 57.1 Å². The van der Waals surface area contributed by atoms with E-state index in [9.17, 15) is 19.3 Å². The van der Waals surface area contributed by atoms with Gasteiger partial charge in [-0.2, -0.15) is 10.1 Å². The molecular weight excluding hydrogens is 517 g/mol. The molecule has 2 heterocycles. The molecule has 0 radical (unpaired) electrons. The first-order chi connectivity index (χ1) is 17.9. The van der Waals surface area contributed by atoms with Gasteiger partial charge in [-0.1, -0.05) is 24.1 Å². The molecule has 38 heavy (non-hydrogen) atoms. The van der Waals surface area contributed by atoms with Gasteiger partial charge < -0.3 is 30.6 Å². The Labute approximate surface area is 220 Å². The number of nitrogens with one attached hydrogen (secondary N) is 1. The number of para-hydroxylation sites is 1. The summed E-state index contributed by atoms with van der Waals surface area (Å²) in [7, 11) is -4.25. The lowest BCUT2D eigenvalue weighted by Gasteiger charge is -2.28. The topological polar surface area (TPSA) is 190 Å². The first kappa shape index (κ1) is 29.3. The first-order valence-corrected chi connectivity index (χ1v) is 13.3. The van der Waals surface area contributed by atoms with Gasteiger partial charge in [0.25, 0.3) is 0 Å². The van der Waals surface area contributed by atoms with Crippen LogP contribution in [0.5, 0.6) is 5.75 Å². The maximum absolute atomic E-state index is 13.7. The number of hydrogen-bond donors (Lipinski definition) is 4. The van der Waals surface area contributed by atoms with Crippen molar-refractivity contribution in [3.63, 3.8) is 0 Å². The summed E-state index contributed by atoms with van der Waals surface area (Å²) in [4.78, 5) is 28.5. The standard InChI is InChI=1S/C24H32N5O8P/c1-5-12-24(26)20(30)18(36-22(24)29-13-11-19(25)27-23(29)32)14-34-38(33,37-17-9-7-6-8-10-17)28-16(4)21(31)35-15(2)3/h6-11,13,15-16,18,20,22,30H,14,26H2,1-4H3,(H,28,33)(H2,25,27,32)/t16-,18+,20-,22+,24+,38?/m0/s1. The van der Waals surface area contributed by atoms with Crippen LogP contribution in [-0.2, 0) is 23.4 Å². The Balaban J connectivity index is 1.86. The van der Waals surface area contributed by atoms with E-state index in [1.54, 1.807) is 44.2 Å². The van der Waals surface area contributed by atoms with Gasteiger partial charge in [-0.25, -0.2) is 9.36 Å². The minimum Gasteiger partial charge on any atom is -0.462 e. The van der Waals surface area contributed by atoms with E-state index < -0.39 is 62.1 Å². The number of aromatic nitrogens is 2. The van der Waals surface area contributed by atoms with Crippen molar-refractivity contribution < 1.29 is 33.0 Å². The number of esters is 1. The zero-order chi connectivity index (χ0) is 28.1. The number of benzene rings is 1. The van der Waals surface area contributed by atoms with Crippen molar-refractivity contribution in [1.29, 1.82) is 0 Å². The Kier molecular flexibility index (Phi) is 9.32. The smallest absolute Gasteiger partial charge is 0.459 e. The van der Waals surface area contributed by atoms with Gasteiger partial charge in [0.05, 0.1) is 12.7 Å². The average Bonchev–Trinajstić information content (AvgIpc) is 3.08. The number of rotatable bonds is 10. The Morgan fingerprint density at radius 3 is 2.61 bits per heavy atom. The minimum atomic E-state index is -4.25. The van der Waals surface area contributed by atoms with E-state index in [1.165, 1.54) is 26.1 Å². The second-order valence-corrected chi connectivity index (χ2v) is 10.5. The van der Waals surface area contributed by atoms with E-state index in [-0.39, 0.29) is 11.6 Å². The Morgan fingerprint density at radius 1 is 1.32 bits per heavy atom. The summed E-state index contributed by atoms with van der Waals surface area (Å²) in [6.07, 6.45) is -3.05. The normalized spacial score (nSPS) is 25.2. The molecule has 3 rings (SSSR count). The van der Waals surface area contributed by atoms with Gasteiger partial charge in [0, 0.05) is 6.20 Å². The van der Waals surface area contributed by atoms with Gasteiger partial charge >= 0.3 is 19.4 Å². The Bertz CT molecular complexity index is 1290. The Hall–Kier alpha value is -3.24.